The minimum atomic E-state index is -1.00. The summed E-state index contributed by atoms with van der Waals surface area (Å²) in [6.45, 7) is 0. The van der Waals surface area contributed by atoms with Crippen LogP contribution in [0.25, 0.3) is 0 Å². The van der Waals surface area contributed by atoms with E-state index >= 15 is 0 Å². The molecule has 1 heterocycles. The van der Waals surface area contributed by atoms with Crippen molar-refractivity contribution in [3.63, 3.8) is 0 Å². The number of aromatic nitrogens is 1. The number of halogens is 1. The zero-order chi connectivity index (χ0) is 11.6. The number of aliphatic hydroxyl groups is 1. The molecule has 0 aromatic carbocycles. The molecule has 3 N–H and O–H groups in total. The molecule has 0 saturated heterocycles. The van der Waals surface area contributed by atoms with Crippen LogP contribution in [-0.2, 0) is 0 Å². The van der Waals surface area contributed by atoms with Crippen LogP contribution in [0.5, 0.6) is 0 Å². The third-order valence-electron chi connectivity index (χ3n) is 3.37. The van der Waals surface area contributed by atoms with Gasteiger partial charge in [0.2, 0.25) is 0 Å². The van der Waals surface area contributed by atoms with Gasteiger partial charge in [-0.15, -0.1) is 0 Å². The van der Waals surface area contributed by atoms with Crippen molar-refractivity contribution in [3.05, 3.63) is 30.1 Å². The van der Waals surface area contributed by atoms with E-state index in [0.29, 0.717) is 31.4 Å². The Morgan fingerprint density at radius 2 is 2.12 bits per heavy atom. The number of nitrogens with zero attached hydrogens (tertiary/aromatic N) is 1. The second-order valence-electron chi connectivity index (χ2n) is 4.51. The molecule has 88 valence electrons. The van der Waals surface area contributed by atoms with Crippen molar-refractivity contribution < 1.29 is 9.50 Å². The Morgan fingerprint density at radius 1 is 1.44 bits per heavy atom. The number of alkyl halides is 1. The summed E-state index contributed by atoms with van der Waals surface area (Å²) in [6, 6.07) is 4.91. The summed E-state index contributed by atoms with van der Waals surface area (Å²) in [5.74, 6) is 0. The van der Waals surface area contributed by atoms with Crippen molar-refractivity contribution in [2.75, 3.05) is 0 Å². The Kier molecular flexibility index (Phi) is 3.21. The number of hydrogen-bond acceptors (Lipinski definition) is 3. The number of hydrogen-bond donors (Lipinski definition) is 2. The summed E-state index contributed by atoms with van der Waals surface area (Å²) < 4.78 is 13.0. The Morgan fingerprint density at radius 3 is 2.69 bits per heavy atom. The van der Waals surface area contributed by atoms with Gasteiger partial charge in [-0.25, -0.2) is 4.39 Å². The Labute approximate surface area is 94.5 Å². The maximum atomic E-state index is 13.0. The van der Waals surface area contributed by atoms with E-state index in [4.69, 9.17) is 5.73 Å². The van der Waals surface area contributed by atoms with E-state index < -0.39 is 17.8 Å². The summed E-state index contributed by atoms with van der Waals surface area (Å²) >= 11 is 0. The second-order valence-corrected chi connectivity index (χ2v) is 4.51. The second kappa shape index (κ2) is 4.47. The molecule has 0 bridgehead atoms. The quantitative estimate of drug-likeness (QED) is 0.804. The maximum absolute atomic E-state index is 13.0. The highest BCUT2D eigenvalue weighted by atomic mass is 19.1. The molecule has 1 fully saturated rings. The molecule has 1 aromatic rings. The van der Waals surface area contributed by atoms with Gasteiger partial charge >= 0.3 is 0 Å². The first kappa shape index (κ1) is 11.5. The van der Waals surface area contributed by atoms with Gasteiger partial charge in [-0.2, -0.15) is 0 Å². The normalized spacial score (nSPS) is 32.3. The molecule has 1 unspecified atom stereocenters. The van der Waals surface area contributed by atoms with E-state index in [0.717, 1.165) is 0 Å². The maximum Gasteiger partial charge on any atom is 0.100 e. The average Bonchev–Trinajstić information content (AvgIpc) is 2.33. The summed E-state index contributed by atoms with van der Waals surface area (Å²) in [7, 11) is 0. The fourth-order valence-corrected chi connectivity index (χ4v) is 2.23. The monoisotopic (exact) mass is 224 g/mol. The van der Waals surface area contributed by atoms with Crippen molar-refractivity contribution in [3.8, 4) is 0 Å². The molecule has 0 aliphatic heterocycles. The summed E-state index contributed by atoms with van der Waals surface area (Å²) in [4.78, 5) is 4.14. The fraction of sp³-hybridized carbons (Fsp3) is 0.583. The highest BCUT2D eigenvalue weighted by molar-refractivity contribution is 5.13. The standard InChI is InChI=1S/C12H17FN2O/c13-9-4-6-12(16,7-5-9)11(14)10-3-1-2-8-15-10/h1-3,8-9,11,16H,4-7,14H2/t9-,11?,12-. The zero-order valence-electron chi connectivity index (χ0n) is 9.14. The topological polar surface area (TPSA) is 59.1 Å². The first-order valence-electron chi connectivity index (χ1n) is 5.65. The molecule has 0 spiro atoms. The van der Waals surface area contributed by atoms with Crippen LogP contribution in [-0.4, -0.2) is 21.9 Å². The molecular weight excluding hydrogens is 207 g/mol. The van der Waals surface area contributed by atoms with Gasteiger partial charge in [-0.1, -0.05) is 6.07 Å². The lowest BCUT2D eigenvalue weighted by atomic mass is 9.78. The van der Waals surface area contributed by atoms with E-state index in [1.54, 1.807) is 18.3 Å². The minimum Gasteiger partial charge on any atom is -0.388 e. The van der Waals surface area contributed by atoms with Crippen molar-refractivity contribution in [2.24, 2.45) is 5.73 Å². The Hall–Kier alpha value is -1.00. The molecule has 2 rings (SSSR count). The fourth-order valence-electron chi connectivity index (χ4n) is 2.23. The third kappa shape index (κ3) is 2.23. The Bertz CT molecular complexity index is 336. The van der Waals surface area contributed by atoms with Gasteiger partial charge in [-0.05, 0) is 37.8 Å². The molecule has 1 aromatic heterocycles. The van der Waals surface area contributed by atoms with Crippen LogP contribution in [0.1, 0.15) is 37.4 Å². The van der Waals surface area contributed by atoms with Crippen LogP contribution >= 0.6 is 0 Å². The molecule has 1 aliphatic carbocycles. The number of rotatable bonds is 2. The van der Waals surface area contributed by atoms with Crippen molar-refractivity contribution in [1.29, 1.82) is 0 Å². The summed E-state index contributed by atoms with van der Waals surface area (Å²) in [6.07, 6.45) is 2.45. The van der Waals surface area contributed by atoms with E-state index in [9.17, 15) is 9.50 Å². The van der Waals surface area contributed by atoms with Crippen LogP contribution in [0.15, 0.2) is 24.4 Å². The molecule has 3 nitrogen and oxygen atoms in total. The predicted octanol–water partition coefficient (Wildman–Crippen LogP) is 1.72. The van der Waals surface area contributed by atoms with Crippen LogP contribution < -0.4 is 5.73 Å². The molecule has 1 atom stereocenters. The van der Waals surface area contributed by atoms with E-state index in [-0.39, 0.29) is 0 Å². The third-order valence-corrected chi connectivity index (χ3v) is 3.37. The minimum absolute atomic E-state index is 0.386. The van der Waals surface area contributed by atoms with Crippen molar-refractivity contribution in [1.82, 2.24) is 4.98 Å². The first-order chi connectivity index (χ1) is 7.62. The molecular formula is C12H17FN2O. The summed E-state index contributed by atoms with van der Waals surface area (Å²) in [5, 5.41) is 10.4. The predicted molar refractivity (Wildman–Crippen MR) is 59.5 cm³/mol. The highest BCUT2D eigenvalue weighted by Crippen LogP contribution is 2.37. The van der Waals surface area contributed by atoms with Gasteiger partial charge in [-0.3, -0.25) is 4.98 Å². The molecule has 0 amide bonds. The van der Waals surface area contributed by atoms with Crippen LogP contribution in [0.3, 0.4) is 0 Å². The lowest BCUT2D eigenvalue weighted by Crippen LogP contribution is -2.44. The average molecular weight is 224 g/mol. The molecule has 0 radical (unpaired) electrons. The van der Waals surface area contributed by atoms with Crippen molar-refractivity contribution in [2.45, 2.75) is 43.5 Å². The molecule has 4 heteroatoms. The smallest absolute Gasteiger partial charge is 0.100 e. The largest absolute Gasteiger partial charge is 0.388 e. The van der Waals surface area contributed by atoms with E-state index in [1.165, 1.54) is 0 Å². The molecule has 16 heavy (non-hydrogen) atoms. The first-order valence-corrected chi connectivity index (χ1v) is 5.65. The van der Waals surface area contributed by atoms with E-state index in [2.05, 4.69) is 4.98 Å². The SMILES string of the molecule is NC(c1ccccn1)[C@]1(O)CC[C@H](F)CC1. The van der Waals surface area contributed by atoms with Gasteiger partial charge in [0.1, 0.15) is 6.17 Å². The van der Waals surface area contributed by atoms with Gasteiger partial charge in [0.25, 0.3) is 0 Å². The van der Waals surface area contributed by atoms with Gasteiger partial charge in [0.15, 0.2) is 0 Å². The van der Waals surface area contributed by atoms with Crippen LogP contribution in [0.2, 0.25) is 0 Å². The van der Waals surface area contributed by atoms with Crippen LogP contribution in [0, 0.1) is 0 Å². The number of nitrogens with two attached hydrogens (primary N) is 1. The lowest BCUT2D eigenvalue weighted by Gasteiger charge is -2.37. The van der Waals surface area contributed by atoms with E-state index in [1.807, 2.05) is 6.07 Å². The van der Waals surface area contributed by atoms with Gasteiger partial charge in [0, 0.05) is 6.20 Å². The molecule has 1 aliphatic rings. The van der Waals surface area contributed by atoms with Gasteiger partial charge < -0.3 is 10.8 Å². The van der Waals surface area contributed by atoms with Gasteiger partial charge in [0.05, 0.1) is 17.3 Å². The highest BCUT2D eigenvalue weighted by Gasteiger charge is 2.39. The zero-order valence-corrected chi connectivity index (χ0v) is 9.14. The Balaban J connectivity index is 2.12. The number of pyridine rings is 1. The summed E-state index contributed by atoms with van der Waals surface area (Å²) in [5.41, 5.74) is 5.68. The lowest BCUT2D eigenvalue weighted by molar-refractivity contribution is -0.0373. The molecule has 1 saturated carbocycles. The van der Waals surface area contributed by atoms with Crippen molar-refractivity contribution >= 4 is 0 Å². The van der Waals surface area contributed by atoms with Crippen LogP contribution in [0.4, 0.5) is 4.39 Å².